The number of thioether (sulfide) groups is 2. The lowest BCUT2D eigenvalue weighted by Crippen LogP contribution is -2.16. The summed E-state index contributed by atoms with van der Waals surface area (Å²) in [6.45, 7) is 8.28. The first-order valence-corrected chi connectivity index (χ1v) is 10.2. The summed E-state index contributed by atoms with van der Waals surface area (Å²) in [6.07, 6.45) is 1.22. The molecule has 0 unspecified atom stereocenters. The number of benzene rings is 1. The van der Waals surface area contributed by atoms with E-state index >= 15 is 0 Å². The van der Waals surface area contributed by atoms with Crippen LogP contribution < -0.4 is 5.43 Å². The van der Waals surface area contributed by atoms with Gasteiger partial charge in [0.05, 0.1) is 17.8 Å². The molecule has 0 radical (unpaired) electrons. The van der Waals surface area contributed by atoms with Crippen LogP contribution in [0.25, 0.3) is 0 Å². The molecule has 0 amide bonds. The van der Waals surface area contributed by atoms with E-state index in [1.54, 1.807) is 12.5 Å². The minimum Gasteiger partial charge on any atom is -0.435 e. The molecule has 138 valence electrons. The van der Waals surface area contributed by atoms with Crippen LogP contribution in [0.5, 0.6) is 0 Å². The summed E-state index contributed by atoms with van der Waals surface area (Å²) in [5.74, 6) is 0.429. The summed E-state index contributed by atoms with van der Waals surface area (Å²) in [6, 6.07) is 6.19. The molecular weight excluding hydrogens is 358 g/mol. The topological polar surface area (TPSA) is 72.3 Å². The number of aliphatic imine (C=N–C) groups is 1. The first-order chi connectivity index (χ1) is 12.0. The predicted octanol–water partition coefficient (Wildman–Crippen LogP) is 4.87. The van der Waals surface area contributed by atoms with Gasteiger partial charge in [-0.1, -0.05) is 26.0 Å². The monoisotopic (exact) mass is 383 g/mol. The molecule has 0 heterocycles. The molecule has 1 N–H and O–H groups in total. The van der Waals surface area contributed by atoms with Crippen LogP contribution in [0.4, 0.5) is 10.5 Å². The molecule has 0 aliphatic heterocycles. The van der Waals surface area contributed by atoms with Crippen LogP contribution >= 0.6 is 23.5 Å². The van der Waals surface area contributed by atoms with E-state index in [9.17, 15) is 4.79 Å². The average molecular weight is 384 g/mol. The van der Waals surface area contributed by atoms with E-state index in [1.165, 1.54) is 23.5 Å². The third-order valence-electron chi connectivity index (χ3n) is 2.98. The van der Waals surface area contributed by atoms with Crippen molar-refractivity contribution in [3.05, 3.63) is 29.3 Å². The van der Waals surface area contributed by atoms with Gasteiger partial charge in [-0.25, -0.2) is 9.79 Å². The van der Waals surface area contributed by atoms with Crippen LogP contribution in [0.2, 0.25) is 0 Å². The van der Waals surface area contributed by atoms with Gasteiger partial charge in [-0.15, -0.1) is 11.8 Å². The smallest absolute Gasteiger partial charge is 0.435 e. The van der Waals surface area contributed by atoms with E-state index in [0.29, 0.717) is 11.1 Å². The van der Waals surface area contributed by atoms with Crippen LogP contribution in [0.3, 0.4) is 0 Å². The maximum atomic E-state index is 11.3. The number of hydrogen-bond acceptors (Lipinski definition) is 7. The van der Waals surface area contributed by atoms with Crippen molar-refractivity contribution in [1.29, 1.82) is 0 Å². The van der Waals surface area contributed by atoms with Crippen molar-refractivity contribution in [2.24, 2.45) is 10.1 Å². The maximum absolute atomic E-state index is 11.3. The quantitative estimate of drug-likeness (QED) is 0.238. The van der Waals surface area contributed by atoms with Gasteiger partial charge in [-0.3, -0.25) is 5.43 Å². The zero-order valence-corrected chi connectivity index (χ0v) is 16.9. The van der Waals surface area contributed by atoms with Crippen molar-refractivity contribution in [3.63, 3.8) is 0 Å². The summed E-state index contributed by atoms with van der Waals surface area (Å²) in [5, 5.41) is 4.63. The van der Waals surface area contributed by atoms with Crippen molar-refractivity contribution in [2.45, 2.75) is 33.6 Å². The molecule has 6 nitrogen and oxygen atoms in total. The first-order valence-electron chi connectivity index (χ1n) is 7.89. The Morgan fingerprint density at radius 3 is 2.76 bits per heavy atom. The molecule has 1 rings (SSSR count). The fourth-order valence-electron chi connectivity index (χ4n) is 1.86. The van der Waals surface area contributed by atoms with E-state index in [1.807, 2.05) is 19.2 Å². The van der Waals surface area contributed by atoms with Gasteiger partial charge in [0.25, 0.3) is 0 Å². The number of nitrogens with zero attached hydrogens (tertiary/aromatic N) is 2. The molecule has 1 aromatic carbocycles. The minimum absolute atomic E-state index is 0.0856. The van der Waals surface area contributed by atoms with Gasteiger partial charge in [-0.05, 0) is 55.0 Å². The second kappa shape index (κ2) is 11.8. The molecule has 0 saturated carbocycles. The Labute approximate surface area is 157 Å². The van der Waals surface area contributed by atoms with Crippen LogP contribution in [0.1, 0.15) is 37.8 Å². The molecule has 0 fully saturated rings. The van der Waals surface area contributed by atoms with Gasteiger partial charge < -0.3 is 9.47 Å². The maximum Gasteiger partial charge on any atom is 0.509 e. The summed E-state index contributed by atoms with van der Waals surface area (Å²) < 4.78 is 9.72. The molecule has 25 heavy (non-hydrogen) atoms. The highest BCUT2D eigenvalue weighted by atomic mass is 32.2. The fourth-order valence-corrected chi connectivity index (χ4v) is 2.57. The Kier molecular flexibility index (Phi) is 10.1. The Hall–Kier alpha value is -1.67. The molecule has 1 aromatic rings. The number of hydrazone groups is 1. The van der Waals surface area contributed by atoms with Crippen molar-refractivity contribution in [2.75, 3.05) is 18.8 Å². The van der Waals surface area contributed by atoms with Crippen LogP contribution in [0, 0.1) is 6.92 Å². The number of carbonyl (C=O) groups excluding carboxylic acids is 1. The largest absolute Gasteiger partial charge is 0.509 e. The van der Waals surface area contributed by atoms with Crippen molar-refractivity contribution in [3.8, 4) is 0 Å². The Bertz CT molecular complexity index is 619. The molecule has 0 bridgehead atoms. The second-order valence-corrected chi connectivity index (χ2v) is 6.90. The molecule has 0 aliphatic carbocycles. The average Bonchev–Trinajstić information content (AvgIpc) is 2.55. The molecule has 8 heteroatoms. The van der Waals surface area contributed by atoms with Crippen molar-refractivity contribution >= 4 is 46.1 Å². The highest BCUT2D eigenvalue weighted by molar-refractivity contribution is 8.13. The lowest BCUT2D eigenvalue weighted by Gasteiger charge is -2.12. The van der Waals surface area contributed by atoms with E-state index in [4.69, 9.17) is 9.47 Å². The second-order valence-electron chi connectivity index (χ2n) is 5.31. The lowest BCUT2D eigenvalue weighted by atomic mass is 10.00. The normalized spacial score (nSPS) is 11.8. The standard InChI is InChI=1S/C17H25N3O3S2/c1-6-22-17(21)23-11-25-16(20-18-10-24-5)19-15-9-13(4)7-8-14(15)12(2)3/h7-10,12H,6,11H2,1-5H3,(H,19,20)/b18-10+. The van der Waals surface area contributed by atoms with E-state index in [2.05, 4.69) is 41.5 Å². The van der Waals surface area contributed by atoms with Gasteiger partial charge in [0.15, 0.2) is 5.17 Å². The van der Waals surface area contributed by atoms with Gasteiger partial charge in [0.2, 0.25) is 0 Å². The zero-order chi connectivity index (χ0) is 18.7. The minimum atomic E-state index is -0.694. The highest BCUT2D eigenvalue weighted by Crippen LogP contribution is 2.28. The third-order valence-corrected chi connectivity index (χ3v) is 3.99. The third kappa shape index (κ3) is 8.31. The van der Waals surface area contributed by atoms with Gasteiger partial charge >= 0.3 is 6.16 Å². The molecule has 0 atom stereocenters. The van der Waals surface area contributed by atoms with Crippen molar-refractivity contribution < 1.29 is 14.3 Å². The van der Waals surface area contributed by atoms with Gasteiger partial charge in [0.1, 0.15) is 5.94 Å². The summed E-state index contributed by atoms with van der Waals surface area (Å²) in [7, 11) is 0. The molecule has 0 aromatic heterocycles. The molecular formula is C17H25N3O3S2. The number of hydrogen-bond donors (Lipinski definition) is 1. The number of nitrogens with one attached hydrogen (secondary N) is 1. The molecule has 0 saturated heterocycles. The van der Waals surface area contributed by atoms with E-state index < -0.39 is 6.16 Å². The molecule has 0 spiro atoms. The van der Waals surface area contributed by atoms with Gasteiger partial charge in [0, 0.05) is 0 Å². The van der Waals surface area contributed by atoms with Crippen LogP contribution in [-0.2, 0) is 9.47 Å². The lowest BCUT2D eigenvalue weighted by molar-refractivity contribution is 0.0731. The Morgan fingerprint density at radius 2 is 2.12 bits per heavy atom. The Morgan fingerprint density at radius 1 is 1.36 bits per heavy atom. The number of rotatable bonds is 7. The van der Waals surface area contributed by atoms with Crippen LogP contribution in [-0.4, -0.2) is 35.7 Å². The SMILES string of the molecule is CCOC(=O)OCSC(=Nc1cc(C)ccc1C(C)C)N/N=C/SC. The molecule has 0 aliphatic rings. The van der Waals surface area contributed by atoms with Crippen molar-refractivity contribution in [1.82, 2.24) is 5.43 Å². The van der Waals surface area contributed by atoms with E-state index in [-0.39, 0.29) is 12.5 Å². The zero-order valence-electron chi connectivity index (χ0n) is 15.2. The predicted molar refractivity (Wildman–Crippen MR) is 108 cm³/mol. The summed E-state index contributed by atoms with van der Waals surface area (Å²) in [5.41, 5.74) is 7.71. The summed E-state index contributed by atoms with van der Waals surface area (Å²) >= 11 is 2.71. The highest BCUT2D eigenvalue weighted by Gasteiger charge is 2.10. The number of ether oxygens (including phenoxy) is 2. The number of aryl methyl sites for hydroxylation is 1. The van der Waals surface area contributed by atoms with E-state index in [0.717, 1.165) is 16.8 Å². The van der Waals surface area contributed by atoms with Crippen LogP contribution in [0.15, 0.2) is 28.3 Å². The summed E-state index contributed by atoms with van der Waals surface area (Å²) in [4.78, 5) is 15.9. The fraction of sp³-hybridized carbons (Fsp3) is 0.471. The number of carbonyl (C=O) groups is 1. The first kappa shape index (κ1) is 21.4. The number of amidine groups is 1. The van der Waals surface area contributed by atoms with Gasteiger partial charge in [-0.2, -0.15) is 5.10 Å². The Balaban J connectivity index is 2.94.